The summed E-state index contributed by atoms with van der Waals surface area (Å²) in [5.74, 6) is 3.48. The predicted molar refractivity (Wildman–Crippen MR) is 155 cm³/mol. The van der Waals surface area contributed by atoms with Crippen LogP contribution in [0.4, 0.5) is 36.4 Å². The zero-order chi connectivity index (χ0) is 34.0. The molecule has 1 fully saturated rings. The van der Waals surface area contributed by atoms with Gasteiger partial charge in [0.1, 0.15) is 28.5 Å². The first kappa shape index (κ1) is 34.8. The van der Waals surface area contributed by atoms with Crippen LogP contribution in [0, 0.1) is 23.6 Å². The minimum atomic E-state index is -4.59. The molecule has 0 saturated carbocycles. The molecule has 0 spiro atoms. The van der Waals surface area contributed by atoms with E-state index in [1.54, 1.807) is 6.92 Å². The van der Waals surface area contributed by atoms with Crippen molar-refractivity contribution in [3.05, 3.63) is 47.5 Å². The third-order valence-corrected chi connectivity index (χ3v) is 8.39. The number of hydrogen-bond acceptors (Lipinski definition) is 7. The number of methoxy groups -OCH3 is 1. The highest BCUT2D eigenvalue weighted by Crippen LogP contribution is 2.30. The van der Waals surface area contributed by atoms with Gasteiger partial charge in [0, 0.05) is 43.1 Å². The fourth-order valence-corrected chi connectivity index (χ4v) is 5.96. The van der Waals surface area contributed by atoms with Gasteiger partial charge in [-0.2, -0.15) is 26.3 Å². The Morgan fingerprint density at radius 2 is 1.80 bits per heavy atom. The highest BCUT2D eigenvalue weighted by molar-refractivity contribution is 7.90. The Balaban J connectivity index is 1.59. The lowest BCUT2D eigenvalue weighted by Gasteiger charge is -2.37. The second-order valence-corrected chi connectivity index (χ2v) is 13.0. The number of piperidine rings is 1. The van der Waals surface area contributed by atoms with Crippen molar-refractivity contribution in [3.63, 3.8) is 0 Å². The van der Waals surface area contributed by atoms with Gasteiger partial charge in [0.15, 0.2) is 9.84 Å². The lowest BCUT2D eigenvalue weighted by Crippen LogP contribution is -2.51. The number of ether oxygens (including phenoxy) is 1. The van der Waals surface area contributed by atoms with Crippen LogP contribution in [0.2, 0.25) is 0 Å². The number of nitrogens with zero attached hydrogens (tertiary/aromatic N) is 3. The Morgan fingerprint density at radius 1 is 1.11 bits per heavy atom. The van der Waals surface area contributed by atoms with Crippen LogP contribution in [0.25, 0.3) is 11.0 Å². The molecule has 2 aromatic carbocycles. The number of benzene rings is 2. The van der Waals surface area contributed by atoms with Crippen LogP contribution in [-0.2, 0) is 16.4 Å². The summed E-state index contributed by atoms with van der Waals surface area (Å²) in [6, 6.07) is 4.13. The topological polar surface area (TPSA) is 106 Å². The minimum Gasteiger partial charge on any atom is -0.495 e. The SMILES string of the molecule is COc1cc(S(C)(=O)=O)c(F)cc1NCC#Cc1cc(C(=O)N[C@H]2CCN(CC(F)(F)F)C[C@@H]2C)c2ncn(CC(F)(F)F)c2c1. The number of carbonyl (C=O) groups excluding carboxylic acids is 1. The van der Waals surface area contributed by atoms with Gasteiger partial charge in [0.25, 0.3) is 5.91 Å². The van der Waals surface area contributed by atoms with E-state index in [1.165, 1.54) is 24.1 Å². The number of sulfone groups is 1. The smallest absolute Gasteiger partial charge is 0.406 e. The van der Waals surface area contributed by atoms with Crippen LogP contribution in [0.1, 0.15) is 29.3 Å². The van der Waals surface area contributed by atoms with Gasteiger partial charge in [-0.25, -0.2) is 17.8 Å². The van der Waals surface area contributed by atoms with E-state index in [-0.39, 0.29) is 65.6 Å². The molecule has 3 aromatic rings. The van der Waals surface area contributed by atoms with Crippen molar-refractivity contribution in [1.29, 1.82) is 0 Å². The lowest BCUT2D eigenvalue weighted by molar-refractivity contribution is -0.149. The van der Waals surface area contributed by atoms with Crippen molar-refractivity contribution in [2.24, 2.45) is 5.92 Å². The molecule has 0 aliphatic carbocycles. The summed E-state index contributed by atoms with van der Waals surface area (Å²) in [6.45, 7) is -0.709. The molecule has 0 unspecified atom stereocenters. The van der Waals surface area contributed by atoms with Gasteiger partial charge in [0.2, 0.25) is 0 Å². The average Bonchev–Trinajstić information content (AvgIpc) is 3.31. The molecule has 0 bridgehead atoms. The molecule has 17 heteroatoms. The molecule has 1 saturated heterocycles. The first-order valence-electron chi connectivity index (χ1n) is 13.8. The Kier molecular flexibility index (Phi) is 10.1. The fraction of sp³-hybridized carbons (Fsp3) is 0.448. The maximum Gasteiger partial charge on any atom is 0.406 e. The number of rotatable bonds is 8. The third kappa shape index (κ3) is 8.81. The molecule has 46 heavy (non-hydrogen) atoms. The first-order chi connectivity index (χ1) is 21.3. The number of fused-ring (bicyclic) bond motifs is 1. The predicted octanol–water partition coefficient (Wildman–Crippen LogP) is 4.62. The molecule has 1 aromatic heterocycles. The van der Waals surface area contributed by atoms with Gasteiger partial charge in [-0.3, -0.25) is 9.69 Å². The van der Waals surface area contributed by atoms with E-state index in [2.05, 4.69) is 27.5 Å². The summed E-state index contributed by atoms with van der Waals surface area (Å²) >= 11 is 0. The van der Waals surface area contributed by atoms with Crippen molar-refractivity contribution in [1.82, 2.24) is 19.8 Å². The molecule has 2 heterocycles. The molecule has 2 N–H and O–H groups in total. The fourth-order valence-electron chi connectivity index (χ4n) is 5.23. The number of nitrogens with one attached hydrogen (secondary N) is 2. The molecule has 2 atom stereocenters. The minimum absolute atomic E-state index is 0.0150. The monoisotopic (exact) mass is 677 g/mol. The number of aromatic nitrogens is 2. The van der Waals surface area contributed by atoms with E-state index in [1.807, 2.05) is 0 Å². The van der Waals surface area contributed by atoms with E-state index in [0.717, 1.165) is 29.3 Å². The van der Waals surface area contributed by atoms with Crippen LogP contribution in [0.3, 0.4) is 0 Å². The van der Waals surface area contributed by atoms with E-state index >= 15 is 0 Å². The van der Waals surface area contributed by atoms with Crippen LogP contribution < -0.4 is 15.4 Å². The number of anilines is 1. The summed E-state index contributed by atoms with van der Waals surface area (Å²) in [5.41, 5.74) is 0.146. The van der Waals surface area contributed by atoms with E-state index in [9.17, 15) is 43.9 Å². The van der Waals surface area contributed by atoms with E-state index in [0.29, 0.717) is 0 Å². The van der Waals surface area contributed by atoms with Gasteiger partial charge in [-0.05, 0) is 24.5 Å². The average molecular weight is 678 g/mol. The van der Waals surface area contributed by atoms with Crippen molar-refractivity contribution in [3.8, 4) is 17.6 Å². The summed E-state index contributed by atoms with van der Waals surface area (Å²) in [7, 11) is -2.61. The van der Waals surface area contributed by atoms with E-state index < -0.39 is 57.9 Å². The van der Waals surface area contributed by atoms with Gasteiger partial charge in [-0.15, -0.1) is 0 Å². The van der Waals surface area contributed by atoms with Gasteiger partial charge in [-0.1, -0.05) is 18.8 Å². The van der Waals surface area contributed by atoms with Gasteiger partial charge >= 0.3 is 12.4 Å². The molecule has 1 amide bonds. The Labute approximate surface area is 260 Å². The van der Waals surface area contributed by atoms with E-state index in [4.69, 9.17) is 4.74 Å². The summed E-state index contributed by atoms with van der Waals surface area (Å²) in [4.78, 5) is 18.1. The highest BCUT2D eigenvalue weighted by Gasteiger charge is 2.36. The molecule has 1 aliphatic heterocycles. The molecular formula is C29H30F7N5O4S. The largest absolute Gasteiger partial charge is 0.495 e. The van der Waals surface area contributed by atoms with Crippen molar-refractivity contribution < 1.29 is 48.7 Å². The second-order valence-electron chi connectivity index (χ2n) is 11.0. The molecule has 0 radical (unpaired) electrons. The zero-order valence-electron chi connectivity index (χ0n) is 24.8. The lowest BCUT2D eigenvalue weighted by atomic mass is 9.93. The number of alkyl halides is 6. The summed E-state index contributed by atoms with van der Waals surface area (Å²) in [5, 5.41) is 5.59. The number of imidazole rings is 1. The van der Waals surface area contributed by atoms with Crippen LogP contribution in [0.15, 0.2) is 35.5 Å². The second kappa shape index (κ2) is 13.4. The van der Waals surface area contributed by atoms with Crippen molar-refractivity contribution in [2.75, 3.05) is 44.9 Å². The first-order valence-corrected chi connectivity index (χ1v) is 15.7. The van der Waals surface area contributed by atoms with Crippen molar-refractivity contribution >= 4 is 32.5 Å². The number of amides is 1. The quantitative estimate of drug-likeness (QED) is 0.265. The normalized spacial score (nSPS) is 17.8. The number of hydrogen-bond donors (Lipinski definition) is 2. The third-order valence-electron chi connectivity index (χ3n) is 7.28. The Hall–Kier alpha value is -4.04. The Morgan fingerprint density at radius 3 is 2.41 bits per heavy atom. The number of halogens is 7. The van der Waals surface area contributed by atoms with Crippen LogP contribution >= 0.6 is 0 Å². The van der Waals surface area contributed by atoms with Crippen LogP contribution in [-0.4, -0.2) is 86.7 Å². The molecule has 250 valence electrons. The molecule has 4 rings (SSSR count). The van der Waals surface area contributed by atoms with Gasteiger partial charge in [0.05, 0.1) is 43.3 Å². The Bertz CT molecular complexity index is 1780. The van der Waals surface area contributed by atoms with Crippen molar-refractivity contribution in [2.45, 2.75) is 43.2 Å². The maximum absolute atomic E-state index is 14.4. The molecule has 9 nitrogen and oxygen atoms in total. The highest BCUT2D eigenvalue weighted by atomic mass is 32.2. The number of likely N-dealkylation sites (tertiary alicyclic amines) is 1. The van der Waals surface area contributed by atoms with Gasteiger partial charge < -0.3 is 19.9 Å². The molecule has 1 aliphatic rings. The molecular weight excluding hydrogens is 647 g/mol. The summed E-state index contributed by atoms with van der Waals surface area (Å²) < 4.78 is 122. The zero-order valence-corrected chi connectivity index (χ0v) is 25.6. The maximum atomic E-state index is 14.4. The number of carbonyl (C=O) groups is 1. The standard InChI is InChI=1S/C29H30F7N5O4S/c1-17-13-40(14-28(31,32)33)8-6-21(17)39-27(42)19-9-18(10-23-26(19)38-16-41(23)15-29(34,35)36)5-4-7-37-22-11-20(30)25(46(3,43)44)12-24(22)45-2/h9-12,16-17,21,37H,6-8,13-15H2,1-3H3,(H,39,42)/t17-,21-/m0/s1. The summed E-state index contributed by atoms with van der Waals surface area (Å²) in [6.07, 6.45) is -6.93. The van der Waals surface area contributed by atoms with Crippen LogP contribution in [0.5, 0.6) is 5.75 Å².